The van der Waals surface area contributed by atoms with E-state index in [-0.39, 0.29) is 0 Å². The van der Waals surface area contributed by atoms with Crippen LogP contribution in [0.15, 0.2) is 109 Å². The number of allylic oxidation sites excluding steroid dienone is 7. The molecule has 2 heteroatoms. The van der Waals surface area contributed by atoms with Crippen molar-refractivity contribution in [1.82, 2.24) is 4.57 Å². The van der Waals surface area contributed by atoms with Crippen molar-refractivity contribution in [1.29, 1.82) is 0 Å². The zero-order valence-electron chi connectivity index (χ0n) is 18.0. The standard InChI is InChI=1S/C30H26N2/c31-28-18-16-22(19-27(28)21-9-3-1-4-10-21)23-15-17-26-25-13-7-8-14-29(25)32(30(26)20-23)24-11-5-2-6-12-24/h1,3-5,7-18,20,22H,2,6,19,31H2. The van der Waals surface area contributed by atoms with Gasteiger partial charge in [-0.05, 0) is 60.2 Å². The summed E-state index contributed by atoms with van der Waals surface area (Å²) < 4.78 is 2.43. The first kappa shape index (κ1) is 18.9. The van der Waals surface area contributed by atoms with Crippen LogP contribution in [0.2, 0.25) is 0 Å². The van der Waals surface area contributed by atoms with Crippen LogP contribution in [0.5, 0.6) is 0 Å². The van der Waals surface area contributed by atoms with Crippen molar-refractivity contribution >= 4 is 33.1 Å². The van der Waals surface area contributed by atoms with Gasteiger partial charge in [0.25, 0.3) is 0 Å². The molecule has 2 nitrogen and oxygen atoms in total. The maximum atomic E-state index is 6.39. The molecule has 6 rings (SSSR count). The molecule has 1 heterocycles. The molecule has 1 aromatic heterocycles. The summed E-state index contributed by atoms with van der Waals surface area (Å²) in [5.74, 6) is 0.309. The Kier molecular flexibility index (Phi) is 4.57. The van der Waals surface area contributed by atoms with Crippen LogP contribution in [0.25, 0.3) is 33.1 Å². The number of aromatic nitrogens is 1. The molecule has 3 aromatic carbocycles. The van der Waals surface area contributed by atoms with Crippen LogP contribution in [0, 0.1) is 0 Å². The minimum absolute atomic E-state index is 0.309. The lowest BCUT2D eigenvalue weighted by Gasteiger charge is -2.22. The number of nitrogens with two attached hydrogens (primary N) is 1. The summed E-state index contributed by atoms with van der Waals surface area (Å²) in [5.41, 5.74) is 14.9. The second-order valence-corrected chi connectivity index (χ2v) is 8.71. The molecule has 0 bridgehead atoms. The molecule has 0 saturated heterocycles. The van der Waals surface area contributed by atoms with Crippen LogP contribution < -0.4 is 5.73 Å². The van der Waals surface area contributed by atoms with Gasteiger partial charge in [-0.2, -0.15) is 0 Å². The second-order valence-electron chi connectivity index (χ2n) is 8.71. The van der Waals surface area contributed by atoms with Crippen LogP contribution in [-0.4, -0.2) is 4.57 Å². The third kappa shape index (κ3) is 3.11. The lowest BCUT2D eigenvalue weighted by Crippen LogP contribution is -2.09. The lowest BCUT2D eigenvalue weighted by atomic mass is 9.84. The number of nitrogens with zero attached hydrogens (tertiary/aromatic N) is 1. The van der Waals surface area contributed by atoms with E-state index in [2.05, 4.69) is 108 Å². The first-order valence-electron chi connectivity index (χ1n) is 11.4. The monoisotopic (exact) mass is 414 g/mol. The van der Waals surface area contributed by atoms with Crippen molar-refractivity contribution in [2.75, 3.05) is 0 Å². The Labute approximate surface area is 188 Å². The van der Waals surface area contributed by atoms with Crippen molar-refractivity contribution in [3.8, 4) is 0 Å². The highest BCUT2D eigenvalue weighted by Gasteiger charge is 2.20. The molecule has 0 saturated carbocycles. The summed E-state index contributed by atoms with van der Waals surface area (Å²) in [4.78, 5) is 0. The van der Waals surface area contributed by atoms with Gasteiger partial charge in [0.2, 0.25) is 0 Å². The van der Waals surface area contributed by atoms with Crippen molar-refractivity contribution in [2.45, 2.75) is 25.2 Å². The highest BCUT2D eigenvalue weighted by atomic mass is 15.0. The summed E-state index contributed by atoms with van der Waals surface area (Å²) in [5, 5.41) is 2.62. The second kappa shape index (κ2) is 7.72. The smallest absolute Gasteiger partial charge is 0.0543 e. The van der Waals surface area contributed by atoms with E-state index < -0.39 is 0 Å². The van der Waals surface area contributed by atoms with Gasteiger partial charge in [-0.3, -0.25) is 0 Å². The molecule has 156 valence electrons. The molecule has 0 spiro atoms. The molecule has 0 radical (unpaired) electrons. The Hall–Kier alpha value is -3.78. The van der Waals surface area contributed by atoms with Crippen LogP contribution >= 0.6 is 0 Å². The summed E-state index contributed by atoms with van der Waals surface area (Å²) in [6, 6.07) is 26.2. The van der Waals surface area contributed by atoms with Crippen LogP contribution in [0.4, 0.5) is 0 Å². The number of para-hydroxylation sites is 1. The van der Waals surface area contributed by atoms with Crippen LogP contribution in [0.1, 0.15) is 36.3 Å². The Balaban J connectivity index is 1.48. The van der Waals surface area contributed by atoms with E-state index in [9.17, 15) is 0 Å². The first-order valence-corrected chi connectivity index (χ1v) is 11.4. The molecule has 1 unspecified atom stereocenters. The number of fused-ring (bicyclic) bond motifs is 3. The van der Waals surface area contributed by atoms with Gasteiger partial charge in [-0.1, -0.05) is 78.9 Å². The van der Waals surface area contributed by atoms with E-state index in [4.69, 9.17) is 5.73 Å². The van der Waals surface area contributed by atoms with E-state index in [0.29, 0.717) is 5.92 Å². The Bertz CT molecular complexity index is 1440. The topological polar surface area (TPSA) is 30.9 Å². The fraction of sp³-hybridized carbons (Fsp3) is 0.133. The minimum atomic E-state index is 0.309. The number of benzene rings is 3. The highest BCUT2D eigenvalue weighted by molar-refractivity contribution is 6.10. The van der Waals surface area contributed by atoms with Crippen molar-refractivity contribution in [3.63, 3.8) is 0 Å². The molecule has 0 fully saturated rings. The third-order valence-corrected chi connectivity index (χ3v) is 6.76. The molecular formula is C30H26N2. The van der Waals surface area contributed by atoms with Crippen molar-refractivity contribution in [2.24, 2.45) is 5.73 Å². The van der Waals surface area contributed by atoms with Gasteiger partial charge in [0.1, 0.15) is 0 Å². The van der Waals surface area contributed by atoms with Gasteiger partial charge in [-0.15, -0.1) is 0 Å². The Morgan fingerprint density at radius 2 is 1.59 bits per heavy atom. The van der Waals surface area contributed by atoms with E-state index >= 15 is 0 Å². The third-order valence-electron chi connectivity index (χ3n) is 6.76. The van der Waals surface area contributed by atoms with Crippen LogP contribution in [-0.2, 0) is 0 Å². The Morgan fingerprint density at radius 3 is 2.44 bits per heavy atom. The summed E-state index contributed by atoms with van der Waals surface area (Å²) >= 11 is 0. The molecule has 32 heavy (non-hydrogen) atoms. The molecule has 1 atom stereocenters. The van der Waals surface area contributed by atoms with Gasteiger partial charge in [0.05, 0.1) is 11.0 Å². The molecule has 4 aromatic rings. The minimum Gasteiger partial charge on any atom is -0.398 e. The van der Waals surface area contributed by atoms with E-state index in [1.165, 1.54) is 44.2 Å². The predicted molar refractivity (Wildman–Crippen MR) is 136 cm³/mol. The quantitative estimate of drug-likeness (QED) is 0.372. The van der Waals surface area contributed by atoms with E-state index in [0.717, 1.165) is 25.0 Å². The van der Waals surface area contributed by atoms with E-state index in [1.807, 2.05) is 0 Å². The van der Waals surface area contributed by atoms with E-state index in [1.54, 1.807) is 0 Å². The largest absolute Gasteiger partial charge is 0.398 e. The Morgan fingerprint density at radius 1 is 0.781 bits per heavy atom. The first-order chi connectivity index (χ1) is 15.8. The van der Waals surface area contributed by atoms with Gasteiger partial charge in [0.15, 0.2) is 0 Å². The normalized spacial score (nSPS) is 18.5. The average molecular weight is 415 g/mol. The molecule has 0 amide bonds. The van der Waals surface area contributed by atoms with Gasteiger partial charge in [-0.25, -0.2) is 0 Å². The maximum Gasteiger partial charge on any atom is 0.0543 e. The highest BCUT2D eigenvalue weighted by Crippen LogP contribution is 2.39. The fourth-order valence-electron chi connectivity index (χ4n) is 5.14. The fourth-order valence-corrected chi connectivity index (χ4v) is 5.14. The van der Waals surface area contributed by atoms with Gasteiger partial charge >= 0.3 is 0 Å². The number of hydrogen-bond donors (Lipinski definition) is 1. The number of rotatable bonds is 3. The van der Waals surface area contributed by atoms with Crippen molar-refractivity contribution in [3.05, 3.63) is 120 Å². The average Bonchev–Trinajstić information content (AvgIpc) is 3.19. The van der Waals surface area contributed by atoms with Gasteiger partial charge in [0, 0.05) is 28.1 Å². The SMILES string of the molecule is NC1=C(c2ccccc2)CC(c2ccc3c4ccccc4n(C4=CCCC=C4)c3c2)C=C1. The van der Waals surface area contributed by atoms with Crippen molar-refractivity contribution < 1.29 is 0 Å². The summed E-state index contributed by atoms with van der Waals surface area (Å²) in [6.45, 7) is 0. The maximum absolute atomic E-state index is 6.39. The summed E-state index contributed by atoms with van der Waals surface area (Å²) in [7, 11) is 0. The van der Waals surface area contributed by atoms with Gasteiger partial charge < -0.3 is 10.3 Å². The molecule has 2 aliphatic carbocycles. The zero-order chi connectivity index (χ0) is 21.5. The summed E-state index contributed by atoms with van der Waals surface area (Å²) in [6.07, 6.45) is 14.4. The number of hydrogen-bond acceptors (Lipinski definition) is 1. The van der Waals surface area contributed by atoms with Crippen LogP contribution in [0.3, 0.4) is 0 Å². The predicted octanol–water partition coefficient (Wildman–Crippen LogP) is 7.40. The molecule has 0 aliphatic heterocycles. The molecule has 2 N–H and O–H groups in total. The molecular weight excluding hydrogens is 388 g/mol. The molecule has 2 aliphatic rings. The lowest BCUT2D eigenvalue weighted by molar-refractivity contribution is 0.859. The zero-order valence-corrected chi connectivity index (χ0v) is 18.0.